The summed E-state index contributed by atoms with van der Waals surface area (Å²) in [6.45, 7) is 1.49. The highest BCUT2D eigenvalue weighted by Crippen LogP contribution is 2.12. The third-order valence-electron chi connectivity index (χ3n) is 3.38. The Morgan fingerprint density at radius 2 is 1.96 bits per heavy atom. The van der Waals surface area contributed by atoms with E-state index in [4.69, 9.17) is 4.42 Å². The first-order valence-corrected chi connectivity index (χ1v) is 8.91. The third-order valence-corrected chi connectivity index (χ3v) is 4.86. The van der Waals surface area contributed by atoms with Gasteiger partial charge in [-0.15, -0.1) is 0 Å². The maximum Gasteiger partial charge on any atom is 0.236 e. The van der Waals surface area contributed by atoms with Gasteiger partial charge in [-0.25, -0.2) is 8.42 Å². The van der Waals surface area contributed by atoms with E-state index in [2.05, 4.69) is 5.32 Å². The zero-order valence-corrected chi connectivity index (χ0v) is 14.4. The number of furan rings is 1. The van der Waals surface area contributed by atoms with Crippen LogP contribution in [0, 0.1) is 0 Å². The van der Waals surface area contributed by atoms with Crippen molar-refractivity contribution >= 4 is 22.0 Å². The van der Waals surface area contributed by atoms with Crippen LogP contribution in [0.3, 0.4) is 0 Å². The maximum absolute atomic E-state index is 12.2. The Morgan fingerprint density at radius 1 is 1.25 bits per heavy atom. The zero-order chi connectivity index (χ0) is 17.6. The Morgan fingerprint density at radius 3 is 2.58 bits per heavy atom. The average molecular weight is 348 g/mol. The number of sulfonamides is 1. The van der Waals surface area contributed by atoms with Crippen molar-refractivity contribution in [3.05, 3.63) is 65.5 Å². The number of rotatable bonds is 7. The Balaban J connectivity index is 1.93. The molecule has 7 heteroatoms. The van der Waals surface area contributed by atoms with E-state index in [-0.39, 0.29) is 12.6 Å². The van der Waals surface area contributed by atoms with Crippen LogP contribution >= 0.6 is 0 Å². The molecule has 1 aromatic heterocycles. The second kappa shape index (κ2) is 7.94. The standard InChI is InChI=1S/C17H20N2O4S/c1-14(16-9-6-11-23-16)18-17(20)13-19(2)24(21,22)12-10-15-7-4-3-5-8-15/h3-12,14H,13H2,1-2H3,(H,18,20)/b12-10+/t14-/m0/s1. The number of nitrogens with zero attached hydrogens (tertiary/aromatic N) is 1. The Hall–Kier alpha value is -2.38. The van der Waals surface area contributed by atoms with Crippen LogP contribution in [-0.4, -0.2) is 32.2 Å². The second-order valence-electron chi connectivity index (χ2n) is 5.32. The van der Waals surface area contributed by atoms with Gasteiger partial charge < -0.3 is 9.73 Å². The number of likely N-dealkylation sites (N-methyl/N-ethyl adjacent to an activating group) is 1. The molecule has 0 aliphatic carbocycles. The number of amides is 1. The molecule has 1 aromatic carbocycles. The Labute approximate surface area is 141 Å². The van der Waals surface area contributed by atoms with Crippen molar-refractivity contribution in [3.8, 4) is 0 Å². The summed E-state index contributed by atoms with van der Waals surface area (Å²) < 4.78 is 30.6. The van der Waals surface area contributed by atoms with Crippen molar-refractivity contribution in [1.82, 2.24) is 9.62 Å². The topological polar surface area (TPSA) is 79.6 Å². The molecular formula is C17H20N2O4S. The summed E-state index contributed by atoms with van der Waals surface area (Å²) in [7, 11) is -2.31. The molecule has 0 bridgehead atoms. The summed E-state index contributed by atoms with van der Waals surface area (Å²) >= 11 is 0. The summed E-state index contributed by atoms with van der Waals surface area (Å²) in [6.07, 6.45) is 3.01. The van der Waals surface area contributed by atoms with Crippen LogP contribution in [0.5, 0.6) is 0 Å². The summed E-state index contributed by atoms with van der Waals surface area (Å²) in [4.78, 5) is 12.0. The highest BCUT2D eigenvalue weighted by atomic mass is 32.2. The van der Waals surface area contributed by atoms with Crippen molar-refractivity contribution in [2.75, 3.05) is 13.6 Å². The van der Waals surface area contributed by atoms with Gasteiger partial charge >= 0.3 is 0 Å². The fourth-order valence-electron chi connectivity index (χ4n) is 2.02. The van der Waals surface area contributed by atoms with Gasteiger partial charge in [-0.1, -0.05) is 30.3 Å². The third kappa shape index (κ3) is 5.07. The molecule has 0 fully saturated rings. The lowest BCUT2D eigenvalue weighted by Crippen LogP contribution is -2.38. The minimum Gasteiger partial charge on any atom is -0.467 e. The first kappa shape index (κ1) is 18.0. The minimum atomic E-state index is -3.67. The van der Waals surface area contributed by atoms with Gasteiger partial charge in [-0.3, -0.25) is 4.79 Å². The van der Waals surface area contributed by atoms with Crippen molar-refractivity contribution in [2.24, 2.45) is 0 Å². The smallest absolute Gasteiger partial charge is 0.236 e. The first-order chi connectivity index (χ1) is 11.4. The molecule has 24 heavy (non-hydrogen) atoms. The van der Waals surface area contributed by atoms with E-state index in [1.165, 1.54) is 19.4 Å². The molecular weight excluding hydrogens is 328 g/mol. The lowest BCUT2D eigenvalue weighted by molar-refractivity contribution is -0.121. The van der Waals surface area contributed by atoms with E-state index in [1.54, 1.807) is 31.2 Å². The number of nitrogens with one attached hydrogen (secondary N) is 1. The molecule has 0 radical (unpaired) electrons. The largest absolute Gasteiger partial charge is 0.467 e. The summed E-state index contributed by atoms with van der Waals surface area (Å²) in [5.41, 5.74) is 0.769. The first-order valence-electron chi connectivity index (χ1n) is 7.41. The van der Waals surface area contributed by atoms with Crippen molar-refractivity contribution in [2.45, 2.75) is 13.0 Å². The Bertz CT molecular complexity index is 783. The number of carbonyl (C=O) groups excluding carboxylic acids is 1. The van der Waals surface area contributed by atoms with Crippen LogP contribution in [0.1, 0.15) is 24.3 Å². The van der Waals surface area contributed by atoms with E-state index < -0.39 is 15.9 Å². The molecule has 0 spiro atoms. The monoisotopic (exact) mass is 348 g/mol. The van der Waals surface area contributed by atoms with Gasteiger partial charge in [-0.05, 0) is 30.7 Å². The molecule has 0 aliphatic heterocycles. The van der Waals surface area contributed by atoms with E-state index in [9.17, 15) is 13.2 Å². The van der Waals surface area contributed by atoms with Gasteiger partial charge in [0.2, 0.25) is 15.9 Å². The molecule has 1 heterocycles. The lowest BCUT2D eigenvalue weighted by atomic mass is 10.2. The molecule has 1 N–H and O–H groups in total. The fourth-order valence-corrected chi connectivity index (χ4v) is 2.85. The van der Waals surface area contributed by atoms with E-state index in [0.717, 1.165) is 15.3 Å². The molecule has 0 saturated carbocycles. The van der Waals surface area contributed by atoms with Crippen LogP contribution in [0.2, 0.25) is 0 Å². The average Bonchev–Trinajstić information content (AvgIpc) is 3.08. The predicted octanol–water partition coefficient (Wildman–Crippen LogP) is 2.39. The van der Waals surface area contributed by atoms with Gasteiger partial charge in [0, 0.05) is 12.5 Å². The summed E-state index contributed by atoms with van der Waals surface area (Å²) in [6, 6.07) is 12.2. The van der Waals surface area contributed by atoms with Crippen LogP contribution < -0.4 is 5.32 Å². The van der Waals surface area contributed by atoms with Crippen LogP contribution in [0.4, 0.5) is 0 Å². The molecule has 0 aliphatic rings. The number of hydrogen-bond acceptors (Lipinski definition) is 4. The van der Waals surface area contributed by atoms with Crippen molar-refractivity contribution in [3.63, 3.8) is 0 Å². The highest BCUT2D eigenvalue weighted by Gasteiger charge is 2.19. The second-order valence-corrected chi connectivity index (χ2v) is 7.24. The van der Waals surface area contributed by atoms with Gasteiger partial charge in [0.15, 0.2) is 0 Å². The van der Waals surface area contributed by atoms with Crippen molar-refractivity contribution in [1.29, 1.82) is 0 Å². The predicted molar refractivity (Wildman–Crippen MR) is 92.3 cm³/mol. The van der Waals surface area contributed by atoms with Gasteiger partial charge in [-0.2, -0.15) is 4.31 Å². The van der Waals surface area contributed by atoms with Crippen molar-refractivity contribution < 1.29 is 17.6 Å². The highest BCUT2D eigenvalue weighted by molar-refractivity contribution is 7.92. The number of carbonyl (C=O) groups is 1. The van der Waals surface area contributed by atoms with Gasteiger partial charge in [0.25, 0.3) is 0 Å². The Kier molecular flexibility index (Phi) is 5.94. The molecule has 1 amide bonds. The van der Waals surface area contributed by atoms with E-state index in [1.807, 2.05) is 18.2 Å². The molecule has 0 unspecified atom stereocenters. The van der Waals surface area contributed by atoms with E-state index >= 15 is 0 Å². The normalized spacial score (nSPS) is 13.3. The molecule has 0 saturated heterocycles. The van der Waals surface area contributed by atoms with Gasteiger partial charge in [0.1, 0.15) is 5.76 Å². The molecule has 2 rings (SSSR count). The zero-order valence-electron chi connectivity index (χ0n) is 13.5. The lowest BCUT2D eigenvalue weighted by Gasteiger charge is -2.16. The fraction of sp³-hybridized carbons (Fsp3) is 0.235. The van der Waals surface area contributed by atoms with Crippen LogP contribution in [0.25, 0.3) is 6.08 Å². The maximum atomic E-state index is 12.2. The molecule has 128 valence electrons. The van der Waals surface area contributed by atoms with E-state index in [0.29, 0.717) is 5.76 Å². The molecule has 2 aromatic rings. The minimum absolute atomic E-state index is 0.271. The number of benzene rings is 1. The molecule has 1 atom stereocenters. The summed E-state index contributed by atoms with van der Waals surface area (Å²) in [5.74, 6) is 0.205. The van der Waals surface area contributed by atoms with Gasteiger partial charge in [0.05, 0.1) is 18.8 Å². The number of hydrogen-bond donors (Lipinski definition) is 1. The summed E-state index contributed by atoms with van der Waals surface area (Å²) in [5, 5.41) is 3.79. The SMILES string of the molecule is C[C@H](NC(=O)CN(C)S(=O)(=O)/C=C/c1ccccc1)c1ccco1. The van der Waals surface area contributed by atoms with Crippen LogP contribution in [0.15, 0.2) is 58.6 Å². The van der Waals surface area contributed by atoms with Crippen LogP contribution in [-0.2, 0) is 14.8 Å². The quantitative estimate of drug-likeness (QED) is 0.833. The molecule has 6 nitrogen and oxygen atoms in total.